The van der Waals surface area contributed by atoms with Crippen LogP contribution in [0.15, 0.2) is 30.3 Å². The van der Waals surface area contributed by atoms with Gasteiger partial charge in [-0.2, -0.15) is 5.26 Å². The van der Waals surface area contributed by atoms with Gasteiger partial charge in [0.2, 0.25) is 0 Å². The van der Waals surface area contributed by atoms with Crippen LogP contribution in [0.5, 0.6) is 0 Å². The number of ether oxygens (including phenoxy) is 1. The molecule has 25 heavy (non-hydrogen) atoms. The van der Waals surface area contributed by atoms with Gasteiger partial charge in [-0.3, -0.25) is 4.90 Å². The number of carbonyl (C=O) groups is 1. The molecule has 1 aromatic heterocycles. The number of hydrogen-bond donors (Lipinski definition) is 1. The van der Waals surface area contributed by atoms with Gasteiger partial charge in [0.15, 0.2) is 0 Å². The van der Waals surface area contributed by atoms with Crippen LogP contribution in [0.2, 0.25) is 0 Å². The van der Waals surface area contributed by atoms with Gasteiger partial charge in [0, 0.05) is 30.3 Å². The highest BCUT2D eigenvalue weighted by molar-refractivity contribution is 5.85. The van der Waals surface area contributed by atoms with E-state index in [2.05, 4.69) is 23.6 Å². The first-order valence-electron chi connectivity index (χ1n) is 8.31. The molecular weight excluding hydrogens is 318 g/mol. The predicted octanol–water partition coefficient (Wildman–Crippen LogP) is 3.31. The molecule has 6 heteroatoms. The summed E-state index contributed by atoms with van der Waals surface area (Å²) in [5.74, 6) is 0. The number of methoxy groups -OCH3 is 1. The van der Waals surface area contributed by atoms with Crippen LogP contribution in [0.25, 0.3) is 17.0 Å². The molecule has 1 saturated heterocycles. The summed E-state index contributed by atoms with van der Waals surface area (Å²) in [7, 11) is 1.61. The minimum absolute atomic E-state index is 0.0685. The number of nitrogens with zero attached hydrogens (tertiary/aromatic N) is 3. The molecule has 1 amide bonds. The van der Waals surface area contributed by atoms with E-state index in [1.165, 1.54) is 4.90 Å². The van der Waals surface area contributed by atoms with E-state index in [1.807, 2.05) is 30.4 Å². The van der Waals surface area contributed by atoms with Gasteiger partial charge >= 0.3 is 6.09 Å². The number of nitriles is 1. The summed E-state index contributed by atoms with van der Waals surface area (Å²) in [5, 5.41) is 19.5. The van der Waals surface area contributed by atoms with Crippen molar-refractivity contribution in [1.29, 1.82) is 5.26 Å². The van der Waals surface area contributed by atoms with Crippen molar-refractivity contribution in [3.8, 4) is 6.07 Å². The van der Waals surface area contributed by atoms with Crippen molar-refractivity contribution in [2.75, 3.05) is 13.7 Å². The molecule has 0 unspecified atom stereocenters. The molecule has 3 rings (SSSR count). The van der Waals surface area contributed by atoms with Gasteiger partial charge in [-0.1, -0.05) is 12.1 Å². The molecule has 6 nitrogen and oxygen atoms in total. The molecule has 0 saturated carbocycles. The van der Waals surface area contributed by atoms with Gasteiger partial charge in [-0.15, -0.1) is 0 Å². The highest BCUT2D eigenvalue weighted by Gasteiger charge is 2.33. The van der Waals surface area contributed by atoms with Gasteiger partial charge < -0.3 is 14.4 Å². The van der Waals surface area contributed by atoms with E-state index in [0.717, 1.165) is 23.1 Å². The van der Waals surface area contributed by atoms with Crippen LogP contribution in [-0.2, 0) is 11.3 Å². The number of fused-ring (bicyclic) bond motifs is 1. The smallest absolute Gasteiger partial charge is 0.407 e. The highest BCUT2D eigenvalue weighted by Crippen LogP contribution is 2.25. The highest BCUT2D eigenvalue weighted by atomic mass is 16.5. The monoisotopic (exact) mass is 339 g/mol. The number of benzene rings is 1. The lowest BCUT2D eigenvalue weighted by Crippen LogP contribution is -2.33. The van der Waals surface area contributed by atoms with E-state index in [-0.39, 0.29) is 12.1 Å². The first kappa shape index (κ1) is 17.1. The average Bonchev–Trinajstić information content (AvgIpc) is 3.19. The normalized spacial score (nSPS) is 20.4. The summed E-state index contributed by atoms with van der Waals surface area (Å²) in [6.45, 7) is 3.21. The third-order valence-electron chi connectivity index (χ3n) is 4.75. The fraction of sp³-hybridized carbons (Fsp3) is 0.368. The van der Waals surface area contributed by atoms with E-state index in [1.54, 1.807) is 7.11 Å². The molecule has 1 fully saturated rings. The Hall–Kier alpha value is -2.78. The number of rotatable bonds is 4. The van der Waals surface area contributed by atoms with Crippen LogP contribution in [0.3, 0.4) is 0 Å². The molecule has 2 aromatic rings. The van der Waals surface area contributed by atoms with Crippen LogP contribution >= 0.6 is 0 Å². The molecule has 0 bridgehead atoms. The van der Waals surface area contributed by atoms with E-state index < -0.39 is 6.09 Å². The first-order valence-corrected chi connectivity index (χ1v) is 8.31. The first-order chi connectivity index (χ1) is 12.1. The van der Waals surface area contributed by atoms with Gasteiger partial charge in [0.25, 0.3) is 0 Å². The minimum Gasteiger partial charge on any atom is -0.465 e. The molecule has 2 atom stereocenters. The average molecular weight is 339 g/mol. The van der Waals surface area contributed by atoms with E-state index in [0.29, 0.717) is 18.5 Å². The van der Waals surface area contributed by atoms with Crippen LogP contribution in [-0.4, -0.2) is 46.5 Å². The summed E-state index contributed by atoms with van der Waals surface area (Å²) < 4.78 is 7.44. The van der Waals surface area contributed by atoms with Crippen molar-refractivity contribution in [1.82, 2.24) is 9.47 Å². The maximum atomic E-state index is 11.4. The maximum absolute atomic E-state index is 11.4. The Bertz CT molecular complexity index is 863. The Morgan fingerprint density at radius 2 is 2.28 bits per heavy atom. The summed E-state index contributed by atoms with van der Waals surface area (Å²) in [6, 6.07) is 9.67. The standard InChI is InChI=1S/C19H21N3O3/c1-3-21-15(9-14-5-4-13(11-20)8-18(14)21)6-7-16-10-17(25-2)12-22(16)19(23)24/h4-9,16-17H,3,10,12H2,1-2H3,(H,23,24)/t16-,17+/m1/s1. The fourth-order valence-electron chi connectivity index (χ4n) is 3.45. The van der Waals surface area contributed by atoms with Gasteiger partial charge in [0.1, 0.15) is 0 Å². The van der Waals surface area contributed by atoms with Gasteiger partial charge in [-0.25, -0.2) is 4.79 Å². The lowest BCUT2D eigenvalue weighted by Gasteiger charge is -2.17. The quantitative estimate of drug-likeness (QED) is 0.927. The van der Waals surface area contributed by atoms with Crippen molar-refractivity contribution in [3.05, 3.63) is 41.6 Å². The zero-order valence-corrected chi connectivity index (χ0v) is 14.3. The molecule has 2 heterocycles. The molecule has 0 aliphatic carbocycles. The van der Waals surface area contributed by atoms with Crippen LogP contribution < -0.4 is 0 Å². The Balaban J connectivity index is 1.93. The minimum atomic E-state index is -0.927. The van der Waals surface area contributed by atoms with Crippen LogP contribution in [0.1, 0.15) is 24.6 Å². The third kappa shape index (κ3) is 3.24. The molecule has 0 radical (unpaired) electrons. The maximum Gasteiger partial charge on any atom is 0.407 e. The Kier molecular flexibility index (Phi) is 4.77. The Labute approximate surface area is 146 Å². The lowest BCUT2D eigenvalue weighted by atomic mass is 10.1. The van der Waals surface area contributed by atoms with Gasteiger partial charge in [0.05, 0.1) is 30.3 Å². The van der Waals surface area contributed by atoms with Crippen molar-refractivity contribution in [3.63, 3.8) is 0 Å². The van der Waals surface area contributed by atoms with Crippen LogP contribution in [0.4, 0.5) is 4.79 Å². The molecule has 1 aliphatic rings. The molecule has 1 aliphatic heterocycles. The van der Waals surface area contributed by atoms with E-state index in [9.17, 15) is 9.90 Å². The second-order valence-electron chi connectivity index (χ2n) is 6.15. The summed E-state index contributed by atoms with van der Waals surface area (Å²) in [5.41, 5.74) is 2.64. The van der Waals surface area contributed by atoms with Gasteiger partial charge in [-0.05, 0) is 37.6 Å². The third-order valence-corrected chi connectivity index (χ3v) is 4.75. The van der Waals surface area contributed by atoms with Crippen molar-refractivity contribution in [2.24, 2.45) is 0 Å². The molecule has 1 aromatic carbocycles. The van der Waals surface area contributed by atoms with E-state index in [4.69, 9.17) is 10.00 Å². The van der Waals surface area contributed by atoms with E-state index >= 15 is 0 Å². The largest absolute Gasteiger partial charge is 0.465 e. The zero-order chi connectivity index (χ0) is 18.0. The Morgan fingerprint density at radius 3 is 2.92 bits per heavy atom. The molecule has 1 N–H and O–H groups in total. The number of aryl methyl sites for hydroxylation is 1. The van der Waals surface area contributed by atoms with Crippen LogP contribution in [0, 0.1) is 11.3 Å². The zero-order valence-electron chi connectivity index (χ0n) is 14.3. The van der Waals surface area contributed by atoms with Crippen molar-refractivity contribution < 1.29 is 14.6 Å². The van der Waals surface area contributed by atoms with Crippen molar-refractivity contribution >= 4 is 23.1 Å². The molecule has 0 spiro atoms. The number of amides is 1. The SMILES string of the molecule is CCn1c(C=C[C@@H]2C[C@H](OC)CN2C(=O)O)cc2ccc(C#N)cc21. The number of carboxylic acid groups (broad SMARTS) is 1. The summed E-state index contributed by atoms with van der Waals surface area (Å²) >= 11 is 0. The second-order valence-corrected chi connectivity index (χ2v) is 6.15. The summed E-state index contributed by atoms with van der Waals surface area (Å²) in [4.78, 5) is 12.8. The Morgan fingerprint density at radius 1 is 1.48 bits per heavy atom. The molecular formula is C19H21N3O3. The lowest BCUT2D eigenvalue weighted by molar-refractivity contribution is 0.103. The van der Waals surface area contributed by atoms with Crippen molar-refractivity contribution in [2.45, 2.75) is 32.0 Å². The second kappa shape index (κ2) is 6.99. The topological polar surface area (TPSA) is 78.5 Å². The number of hydrogen-bond acceptors (Lipinski definition) is 3. The number of aromatic nitrogens is 1. The predicted molar refractivity (Wildman–Crippen MR) is 95.3 cm³/mol. The molecule has 130 valence electrons. The number of likely N-dealkylation sites (tertiary alicyclic amines) is 1. The summed E-state index contributed by atoms with van der Waals surface area (Å²) in [6.07, 6.45) is 3.56. The fourth-order valence-corrected chi connectivity index (χ4v) is 3.45.